The molecule has 1 fully saturated rings. The maximum absolute atomic E-state index is 12.3. The van der Waals surface area contributed by atoms with Gasteiger partial charge in [0, 0.05) is 6.54 Å². The van der Waals surface area contributed by atoms with E-state index in [0.29, 0.717) is 23.3 Å². The van der Waals surface area contributed by atoms with Gasteiger partial charge in [-0.05, 0) is 58.5 Å². The number of aromatic carboxylic acids is 1. The molecule has 1 aliphatic rings. The van der Waals surface area contributed by atoms with Crippen LogP contribution < -0.4 is 5.32 Å². The minimum absolute atomic E-state index is 0.00675. The van der Waals surface area contributed by atoms with Crippen LogP contribution in [0.2, 0.25) is 0 Å². The molecule has 2 aromatic carbocycles. The Kier molecular flexibility index (Phi) is 5.95. The third kappa shape index (κ3) is 4.90. The van der Waals surface area contributed by atoms with Crippen LogP contribution in [0.25, 0.3) is 5.69 Å². The van der Waals surface area contributed by atoms with Gasteiger partial charge in [-0.1, -0.05) is 36.0 Å². The van der Waals surface area contributed by atoms with E-state index in [4.69, 9.17) is 5.11 Å². The second-order valence-electron chi connectivity index (χ2n) is 7.11. The third-order valence-corrected chi connectivity index (χ3v) is 5.77. The standard InChI is InChI=1S/C21H18N6O3S/c22-10-17-9-16(20(29)30)6-7-18(17)27-21(24-25-26-27)31-12-19(28)23-11-13-2-1-3-15(8-13)14-4-5-14/h1-3,6-9,14H,4-5,11-12H2,(H,23,28)(H,29,30). The van der Waals surface area contributed by atoms with Crippen LogP contribution >= 0.6 is 11.8 Å². The van der Waals surface area contributed by atoms with Gasteiger partial charge in [0.2, 0.25) is 11.1 Å². The van der Waals surface area contributed by atoms with Crippen LogP contribution in [-0.2, 0) is 11.3 Å². The molecule has 156 valence electrons. The Morgan fingerprint density at radius 1 is 1.26 bits per heavy atom. The molecule has 0 radical (unpaired) electrons. The number of nitrogens with one attached hydrogen (secondary N) is 1. The van der Waals surface area contributed by atoms with Gasteiger partial charge in [0.1, 0.15) is 6.07 Å². The fraction of sp³-hybridized carbons (Fsp3) is 0.238. The van der Waals surface area contributed by atoms with Crippen molar-refractivity contribution in [2.75, 3.05) is 5.75 Å². The van der Waals surface area contributed by atoms with Gasteiger partial charge in [-0.2, -0.15) is 9.94 Å². The van der Waals surface area contributed by atoms with Crippen LogP contribution in [0.4, 0.5) is 0 Å². The normalized spacial score (nSPS) is 12.9. The summed E-state index contributed by atoms with van der Waals surface area (Å²) >= 11 is 1.13. The fourth-order valence-electron chi connectivity index (χ4n) is 3.12. The zero-order chi connectivity index (χ0) is 21.8. The van der Waals surface area contributed by atoms with Gasteiger partial charge in [0.05, 0.1) is 22.6 Å². The van der Waals surface area contributed by atoms with E-state index in [9.17, 15) is 14.9 Å². The molecular weight excluding hydrogens is 416 g/mol. The number of nitrogens with zero attached hydrogens (tertiary/aromatic N) is 5. The Balaban J connectivity index is 1.39. The highest BCUT2D eigenvalue weighted by Crippen LogP contribution is 2.40. The molecular formula is C21H18N6O3S. The molecule has 9 nitrogen and oxygen atoms in total. The largest absolute Gasteiger partial charge is 0.478 e. The number of thioether (sulfide) groups is 1. The Hall–Kier alpha value is -3.71. The summed E-state index contributed by atoms with van der Waals surface area (Å²) in [7, 11) is 0. The van der Waals surface area contributed by atoms with E-state index in [-0.39, 0.29) is 22.8 Å². The molecule has 0 aliphatic heterocycles. The minimum atomic E-state index is -1.13. The van der Waals surface area contributed by atoms with E-state index in [2.05, 4.69) is 33.0 Å². The number of tetrazole rings is 1. The molecule has 3 aromatic rings. The smallest absolute Gasteiger partial charge is 0.335 e. The molecule has 0 saturated heterocycles. The van der Waals surface area contributed by atoms with Crippen molar-refractivity contribution in [1.29, 1.82) is 5.26 Å². The topological polar surface area (TPSA) is 134 Å². The number of carbonyl (C=O) groups excluding carboxylic acids is 1. The molecule has 1 saturated carbocycles. The fourth-order valence-corrected chi connectivity index (χ4v) is 3.83. The van der Waals surface area contributed by atoms with Crippen LogP contribution in [0.5, 0.6) is 0 Å². The van der Waals surface area contributed by atoms with Crippen molar-refractivity contribution in [2.45, 2.75) is 30.5 Å². The Morgan fingerprint density at radius 3 is 2.84 bits per heavy atom. The van der Waals surface area contributed by atoms with Gasteiger partial charge in [0.25, 0.3) is 0 Å². The summed E-state index contributed by atoms with van der Waals surface area (Å²) in [5.41, 5.74) is 2.84. The number of rotatable bonds is 8. The van der Waals surface area contributed by atoms with E-state index in [0.717, 1.165) is 17.3 Å². The maximum atomic E-state index is 12.3. The highest BCUT2D eigenvalue weighted by molar-refractivity contribution is 7.99. The molecule has 10 heteroatoms. The van der Waals surface area contributed by atoms with Crippen molar-refractivity contribution in [1.82, 2.24) is 25.5 Å². The predicted molar refractivity (Wildman–Crippen MR) is 112 cm³/mol. The summed E-state index contributed by atoms with van der Waals surface area (Å²) < 4.78 is 1.32. The molecule has 0 unspecified atom stereocenters. The highest BCUT2D eigenvalue weighted by atomic mass is 32.2. The number of carboxylic acids is 1. The van der Waals surface area contributed by atoms with Crippen LogP contribution in [-0.4, -0.2) is 42.9 Å². The summed E-state index contributed by atoms with van der Waals surface area (Å²) in [4.78, 5) is 23.4. The van der Waals surface area contributed by atoms with Gasteiger partial charge in [-0.25, -0.2) is 4.79 Å². The van der Waals surface area contributed by atoms with E-state index in [1.54, 1.807) is 0 Å². The molecule has 2 N–H and O–H groups in total. The summed E-state index contributed by atoms with van der Waals surface area (Å²) in [6, 6.07) is 14.3. The quantitative estimate of drug-likeness (QED) is 0.517. The lowest BCUT2D eigenvalue weighted by molar-refractivity contribution is -0.118. The second kappa shape index (κ2) is 8.97. The van der Waals surface area contributed by atoms with Crippen molar-refractivity contribution in [2.24, 2.45) is 0 Å². The van der Waals surface area contributed by atoms with Crippen LogP contribution in [0.1, 0.15) is 45.8 Å². The first kappa shape index (κ1) is 20.6. The van der Waals surface area contributed by atoms with Crippen LogP contribution in [0, 0.1) is 11.3 Å². The van der Waals surface area contributed by atoms with Gasteiger partial charge < -0.3 is 10.4 Å². The molecule has 0 bridgehead atoms. The van der Waals surface area contributed by atoms with Crippen molar-refractivity contribution in [3.8, 4) is 11.8 Å². The van der Waals surface area contributed by atoms with E-state index in [1.165, 1.54) is 41.3 Å². The first-order valence-electron chi connectivity index (χ1n) is 9.59. The molecule has 0 spiro atoms. The van der Waals surface area contributed by atoms with Crippen molar-refractivity contribution in [3.63, 3.8) is 0 Å². The summed E-state index contributed by atoms with van der Waals surface area (Å²) in [5, 5.41) is 33.1. The average molecular weight is 434 g/mol. The lowest BCUT2D eigenvalue weighted by Crippen LogP contribution is -2.24. The molecule has 1 heterocycles. The minimum Gasteiger partial charge on any atom is -0.478 e. The second-order valence-corrected chi connectivity index (χ2v) is 8.05. The maximum Gasteiger partial charge on any atom is 0.335 e. The monoisotopic (exact) mass is 434 g/mol. The number of hydrogen-bond donors (Lipinski definition) is 2. The van der Waals surface area contributed by atoms with Crippen LogP contribution in [0.15, 0.2) is 47.6 Å². The zero-order valence-corrected chi connectivity index (χ0v) is 17.2. The molecule has 1 amide bonds. The average Bonchev–Trinajstić information content (AvgIpc) is 3.54. The lowest BCUT2D eigenvalue weighted by Gasteiger charge is -2.08. The molecule has 31 heavy (non-hydrogen) atoms. The predicted octanol–water partition coefficient (Wildman–Crippen LogP) is 2.52. The van der Waals surface area contributed by atoms with Crippen molar-refractivity contribution in [3.05, 3.63) is 64.7 Å². The molecule has 1 aliphatic carbocycles. The number of benzene rings is 2. The lowest BCUT2D eigenvalue weighted by atomic mass is 10.1. The number of carboxylic acid groups (broad SMARTS) is 1. The zero-order valence-electron chi connectivity index (χ0n) is 16.4. The number of hydrogen-bond acceptors (Lipinski definition) is 7. The number of amides is 1. The number of nitriles is 1. The molecule has 4 rings (SSSR count). The van der Waals surface area contributed by atoms with E-state index >= 15 is 0 Å². The molecule has 0 atom stereocenters. The van der Waals surface area contributed by atoms with Crippen LogP contribution in [0.3, 0.4) is 0 Å². The van der Waals surface area contributed by atoms with Gasteiger partial charge in [-0.3, -0.25) is 4.79 Å². The van der Waals surface area contributed by atoms with Crippen molar-refractivity contribution < 1.29 is 14.7 Å². The Labute approximate surface area is 182 Å². The summed E-state index contributed by atoms with van der Waals surface area (Å²) in [6.45, 7) is 0.445. The van der Waals surface area contributed by atoms with Gasteiger partial charge in [0.15, 0.2) is 0 Å². The van der Waals surface area contributed by atoms with E-state index in [1.807, 2.05) is 18.2 Å². The summed E-state index contributed by atoms with van der Waals surface area (Å²) in [6.07, 6.45) is 2.46. The number of carbonyl (C=O) groups is 2. The van der Waals surface area contributed by atoms with Gasteiger partial charge in [-0.15, -0.1) is 5.10 Å². The first-order chi connectivity index (χ1) is 15.0. The highest BCUT2D eigenvalue weighted by Gasteiger charge is 2.23. The van der Waals surface area contributed by atoms with E-state index < -0.39 is 5.97 Å². The summed E-state index contributed by atoms with van der Waals surface area (Å²) in [5.74, 6) is -0.544. The van der Waals surface area contributed by atoms with Crippen molar-refractivity contribution >= 4 is 23.6 Å². The Bertz CT molecular complexity index is 1180. The Morgan fingerprint density at radius 2 is 2.10 bits per heavy atom. The number of aromatic nitrogens is 4. The third-order valence-electron chi connectivity index (χ3n) is 4.85. The molecule has 1 aromatic heterocycles. The van der Waals surface area contributed by atoms with Gasteiger partial charge >= 0.3 is 5.97 Å². The SMILES string of the molecule is N#Cc1cc(C(=O)O)ccc1-n1nnnc1SCC(=O)NCc1cccc(C2CC2)c1. The first-order valence-corrected chi connectivity index (χ1v) is 10.6.